The van der Waals surface area contributed by atoms with E-state index in [1.165, 1.54) is 0 Å². The molecular formula is C26H53N5O7. The molecule has 0 fully saturated rings. The van der Waals surface area contributed by atoms with Crippen molar-refractivity contribution in [3.05, 3.63) is 0 Å². The number of unbranched alkanes of at least 4 members (excludes halogenated alkanes) is 2. The molecule has 38 heavy (non-hydrogen) atoms. The molecule has 0 aliphatic rings. The average molecular weight is 548 g/mol. The molecule has 224 valence electrons. The molecule has 0 aromatic carbocycles. The summed E-state index contributed by atoms with van der Waals surface area (Å²) < 4.78 is 10.1. The Morgan fingerprint density at radius 2 is 1.05 bits per heavy atom. The topological polar surface area (TPSA) is 164 Å². The second kappa shape index (κ2) is 18.6. The van der Waals surface area contributed by atoms with Crippen molar-refractivity contribution in [2.24, 2.45) is 5.73 Å². The lowest BCUT2D eigenvalue weighted by Gasteiger charge is -2.22. The zero-order valence-electron chi connectivity index (χ0n) is 25.2. The standard InChI is InChI=1S/C13H27N3O3.C13H26N2O4/c1-13(2,3)19-12(18)15-10(11(14)17)8-6-7-9-16(4)5;1-13(2,3)19-12(18)14-10(11(16)17)8-6-7-9-15(4)5/h10H,6-9H2,1-5H3,(H2,14,17)(H,15,18);10H,6-9H2,1-5H3,(H,14,18)(H,16,17)/t2*10-/m00/s1. The van der Waals surface area contributed by atoms with Gasteiger partial charge >= 0.3 is 18.2 Å². The van der Waals surface area contributed by atoms with E-state index in [4.69, 9.17) is 20.3 Å². The Balaban J connectivity index is 0. The third-order valence-corrected chi connectivity index (χ3v) is 4.72. The lowest BCUT2D eigenvalue weighted by Crippen LogP contribution is -2.46. The summed E-state index contributed by atoms with van der Waals surface area (Å²) in [4.78, 5) is 49.5. The quantitative estimate of drug-likeness (QED) is 0.239. The van der Waals surface area contributed by atoms with E-state index in [2.05, 4.69) is 15.5 Å². The minimum atomic E-state index is -1.03. The number of ether oxygens (including phenoxy) is 2. The van der Waals surface area contributed by atoms with Gasteiger partial charge in [0, 0.05) is 0 Å². The van der Waals surface area contributed by atoms with Gasteiger partial charge < -0.3 is 40.7 Å². The van der Waals surface area contributed by atoms with Crippen molar-refractivity contribution in [3.8, 4) is 0 Å². The smallest absolute Gasteiger partial charge is 0.408 e. The van der Waals surface area contributed by atoms with Crippen LogP contribution in [-0.4, -0.2) is 104 Å². The Labute approximate surface area is 228 Å². The van der Waals surface area contributed by atoms with Crippen LogP contribution in [-0.2, 0) is 19.1 Å². The van der Waals surface area contributed by atoms with Gasteiger partial charge in [-0.15, -0.1) is 0 Å². The molecule has 0 aliphatic heterocycles. The van der Waals surface area contributed by atoms with Crippen LogP contribution < -0.4 is 16.4 Å². The number of primary amides is 1. The Morgan fingerprint density at radius 3 is 1.34 bits per heavy atom. The normalized spacial score (nSPS) is 13.2. The Kier molecular flexibility index (Phi) is 18.4. The number of carboxylic acid groups (broad SMARTS) is 1. The number of nitrogens with one attached hydrogen (secondary N) is 2. The fourth-order valence-electron chi connectivity index (χ4n) is 3.00. The first-order valence-corrected chi connectivity index (χ1v) is 13.0. The summed E-state index contributed by atoms with van der Waals surface area (Å²) in [6.07, 6.45) is 3.05. The molecular weight excluding hydrogens is 494 g/mol. The second-order valence-corrected chi connectivity index (χ2v) is 11.7. The number of aliphatic carboxylic acids is 1. The first-order valence-electron chi connectivity index (χ1n) is 13.0. The van der Waals surface area contributed by atoms with E-state index in [0.717, 1.165) is 38.8 Å². The lowest BCUT2D eigenvalue weighted by atomic mass is 10.1. The van der Waals surface area contributed by atoms with Crippen molar-refractivity contribution in [2.45, 2.75) is 103 Å². The molecule has 0 saturated heterocycles. The fourth-order valence-corrected chi connectivity index (χ4v) is 3.00. The second-order valence-electron chi connectivity index (χ2n) is 11.7. The number of hydrogen-bond donors (Lipinski definition) is 4. The monoisotopic (exact) mass is 547 g/mol. The summed E-state index contributed by atoms with van der Waals surface area (Å²) in [5, 5.41) is 13.9. The Bertz CT molecular complexity index is 656. The molecule has 2 atom stereocenters. The molecule has 0 unspecified atom stereocenters. The summed E-state index contributed by atoms with van der Waals surface area (Å²) in [6.45, 7) is 12.4. The number of alkyl carbamates (subject to hydrolysis) is 2. The number of carboxylic acids is 1. The number of hydrogen-bond acceptors (Lipinski definition) is 8. The minimum absolute atomic E-state index is 0.405. The van der Waals surface area contributed by atoms with Crippen molar-refractivity contribution in [1.29, 1.82) is 0 Å². The van der Waals surface area contributed by atoms with Crippen molar-refractivity contribution in [1.82, 2.24) is 20.4 Å². The van der Waals surface area contributed by atoms with Crippen molar-refractivity contribution < 1.29 is 33.8 Å². The van der Waals surface area contributed by atoms with Crippen LogP contribution in [0.25, 0.3) is 0 Å². The van der Waals surface area contributed by atoms with Gasteiger partial charge in [0.2, 0.25) is 5.91 Å². The zero-order valence-corrected chi connectivity index (χ0v) is 25.2. The van der Waals surface area contributed by atoms with Gasteiger partial charge in [-0.1, -0.05) is 0 Å². The maximum absolute atomic E-state index is 11.6. The van der Waals surface area contributed by atoms with E-state index >= 15 is 0 Å². The predicted molar refractivity (Wildman–Crippen MR) is 148 cm³/mol. The molecule has 0 aromatic rings. The number of carbonyl (C=O) groups excluding carboxylic acids is 3. The van der Waals surface area contributed by atoms with E-state index in [1.54, 1.807) is 41.5 Å². The maximum atomic E-state index is 11.6. The summed E-state index contributed by atoms with van der Waals surface area (Å²) in [6, 6.07) is -1.56. The number of rotatable bonds is 14. The first kappa shape index (κ1) is 37.6. The predicted octanol–water partition coefficient (Wildman–Crippen LogP) is 2.79. The molecule has 0 rings (SSSR count). The fraction of sp³-hybridized carbons (Fsp3) is 0.846. The summed E-state index contributed by atoms with van der Waals surface area (Å²) in [5.74, 6) is -1.56. The number of carbonyl (C=O) groups is 4. The van der Waals surface area contributed by atoms with Gasteiger partial charge in [-0.05, 0) is 121 Å². The third kappa shape index (κ3) is 25.1. The molecule has 0 heterocycles. The molecule has 5 N–H and O–H groups in total. The SMILES string of the molecule is CN(C)CCCC[C@H](NC(=O)OC(C)(C)C)C(=O)O.CN(C)CCCC[C@H](NC(=O)OC(C)(C)C)C(N)=O. The molecule has 0 aliphatic carbocycles. The number of nitrogens with zero attached hydrogens (tertiary/aromatic N) is 2. The highest BCUT2D eigenvalue weighted by molar-refractivity contribution is 5.84. The Morgan fingerprint density at radius 1 is 0.711 bits per heavy atom. The van der Waals surface area contributed by atoms with Crippen LogP contribution in [0, 0.1) is 0 Å². The van der Waals surface area contributed by atoms with Gasteiger partial charge in [0.05, 0.1) is 0 Å². The minimum Gasteiger partial charge on any atom is -0.480 e. The third-order valence-electron chi connectivity index (χ3n) is 4.72. The highest BCUT2D eigenvalue weighted by Crippen LogP contribution is 2.09. The van der Waals surface area contributed by atoms with E-state index in [9.17, 15) is 19.2 Å². The molecule has 0 aromatic heterocycles. The highest BCUT2D eigenvalue weighted by atomic mass is 16.6. The van der Waals surface area contributed by atoms with Gasteiger partial charge in [-0.3, -0.25) is 4.79 Å². The van der Waals surface area contributed by atoms with Crippen LogP contribution in [0.5, 0.6) is 0 Å². The van der Waals surface area contributed by atoms with Gasteiger partial charge in [0.1, 0.15) is 23.3 Å². The molecule has 0 saturated carbocycles. The van der Waals surface area contributed by atoms with E-state index in [1.807, 2.05) is 33.1 Å². The van der Waals surface area contributed by atoms with Gasteiger partial charge in [0.15, 0.2) is 0 Å². The lowest BCUT2D eigenvalue weighted by molar-refractivity contribution is -0.139. The van der Waals surface area contributed by atoms with Gasteiger partial charge in [0.25, 0.3) is 0 Å². The van der Waals surface area contributed by atoms with E-state index in [0.29, 0.717) is 12.8 Å². The maximum Gasteiger partial charge on any atom is 0.408 e. The highest BCUT2D eigenvalue weighted by Gasteiger charge is 2.24. The molecule has 0 radical (unpaired) electrons. The number of amides is 3. The molecule has 0 spiro atoms. The molecule has 3 amide bonds. The van der Waals surface area contributed by atoms with E-state index < -0.39 is 47.3 Å². The molecule has 12 heteroatoms. The largest absolute Gasteiger partial charge is 0.480 e. The average Bonchev–Trinajstić information content (AvgIpc) is 2.69. The van der Waals surface area contributed by atoms with Crippen LogP contribution in [0.15, 0.2) is 0 Å². The van der Waals surface area contributed by atoms with Crippen LogP contribution in [0.2, 0.25) is 0 Å². The van der Waals surface area contributed by atoms with Crippen molar-refractivity contribution in [3.63, 3.8) is 0 Å². The van der Waals surface area contributed by atoms with Gasteiger partial charge in [-0.2, -0.15) is 0 Å². The van der Waals surface area contributed by atoms with Crippen LogP contribution in [0.1, 0.15) is 80.1 Å². The van der Waals surface area contributed by atoms with Gasteiger partial charge in [-0.25, -0.2) is 14.4 Å². The summed E-state index contributed by atoms with van der Waals surface area (Å²) in [7, 11) is 7.91. The van der Waals surface area contributed by atoms with Crippen molar-refractivity contribution in [2.75, 3.05) is 41.3 Å². The summed E-state index contributed by atoms with van der Waals surface area (Å²) >= 11 is 0. The number of nitrogens with two attached hydrogens (primary N) is 1. The summed E-state index contributed by atoms with van der Waals surface area (Å²) in [5.41, 5.74) is 4.06. The van der Waals surface area contributed by atoms with Crippen molar-refractivity contribution >= 4 is 24.1 Å². The molecule has 0 bridgehead atoms. The first-order chi connectivity index (χ1) is 17.2. The Hall–Kier alpha value is -2.60. The zero-order chi connectivity index (χ0) is 30.1. The van der Waals surface area contributed by atoms with Crippen LogP contribution in [0.4, 0.5) is 9.59 Å². The van der Waals surface area contributed by atoms with Crippen LogP contribution in [0.3, 0.4) is 0 Å². The van der Waals surface area contributed by atoms with Crippen LogP contribution >= 0.6 is 0 Å². The molecule has 12 nitrogen and oxygen atoms in total. The van der Waals surface area contributed by atoms with E-state index in [-0.39, 0.29) is 0 Å².